The lowest BCUT2D eigenvalue weighted by atomic mass is 10.1. The Morgan fingerprint density at radius 1 is 1.10 bits per heavy atom. The van der Waals surface area contributed by atoms with E-state index < -0.39 is 17.7 Å². The summed E-state index contributed by atoms with van der Waals surface area (Å²) in [5.41, 5.74) is 4.78. The van der Waals surface area contributed by atoms with Gasteiger partial charge in [-0.15, -0.1) is 0 Å². The third kappa shape index (κ3) is 4.19. The van der Waals surface area contributed by atoms with Crippen LogP contribution < -0.4 is 0 Å². The number of nitrogens with zero attached hydrogens (tertiary/aromatic N) is 2. The van der Waals surface area contributed by atoms with Gasteiger partial charge in [0.25, 0.3) is 0 Å². The van der Waals surface area contributed by atoms with Crippen LogP contribution in [0.2, 0.25) is 0 Å². The molecule has 2 aromatic carbocycles. The molecule has 0 aliphatic heterocycles. The number of aliphatic carboxylic acids is 1. The van der Waals surface area contributed by atoms with Crippen LogP contribution in [0.5, 0.6) is 0 Å². The van der Waals surface area contributed by atoms with E-state index in [9.17, 15) is 18.0 Å². The highest BCUT2D eigenvalue weighted by atomic mass is 19.4. The molecule has 160 valence electrons. The fourth-order valence-electron chi connectivity index (χ4n) is 3.72. The van der Waals surface area contributed by atoms with Crippen LogP contribution in [0.4, 0.5) is 13.2 Å². The molecule has 2 N–H and O–H groups in total. The third-order valence-electron chi connectivity index (χ3n) is 5.40. The molecular formula is C23H20F3N3O2. The van der Waals surface area contributed by atoms with Crippen molar-refractivity contribution >= 4 is 16.9 Å². The number of rotatable bonds is 5. The van der Waals surface area contributed by atoms with Crippen molar-refractivity contribution in [3.05, 3.63) is 76.6 Å². The van der Waals surface area contributed by atoms with Crippen LogP contribution in [-0.4, -0.2) is 25.8 Å². The second kappa shape index (κ2) is 7.61. The molecule has 2 heterocycles. The van der Waals surface area contributed by atoms with Gasteiger partial charge in [-0.3, -0.25) is 9.48 Å². The van der Waals surface area contributed by atoms with Gasteiger partial charge in [-0.2, -0.15) is 18.3 Å². The molecule has 0 amide bonds. The summed E-state index contributed by atoms with van der Waals surface area (Å²) in [6.45, 7) is 4.14. The van der Waals surface area contributed by atoms with Crippen molar-refractivity contribution in [2.45, 2.75) is 33.0 Å². The first-order chi connectivity index (χ1) is 14.6. The Balaban J connectivity index is 1.57. The number of nitrogens with one attached hydrogen (secondary N) is 1. The van der Waals surface area contributed by atoms with Crippen LogP contribution in [0.1, 0.15) is 28.1 Å². The maximum Gasteiger partial charge on any atom is 0.416 e. The molecule has 0 spiro atoms. The van der Waals surface area contributed by atoms with Crippen LogP contribution in [0.25, 0.3) is 22.2 Å². The Kier molecular flexibility index (Phi) is 5.08. The van der Waals surface area contributed by atoms with Gasteiger partial charge in [0.15, 0.2) is 0 Å². The van der Waals surface area contributed by atoms with E-state index in [0.717, 1.165) is 40.2 Å². The van der Waals surface area contributed by atoms with Gasteiger partial charge in [-0.05, 0) is 49.2 Å². The topological polar surface area (TPSA) is 70.9 Å². The highest BCUT2D eigenvalue weighted by Gasteiger charge is 2.30. The lowest BCUT2D eigenvalue weighted by Crippen LogP contribution is -2.06. The number of carboxylic acid groups (broad SMARTS) is 1. The molecule has 0 fully saturated rings. The Morgan fingerprint density at radius 3 is 2.45 bits per heavy atom. The van der Waals surface area contributed by atoms with E-state index >= 15 is 0 Å². The number of carbonyl (C=O) groups is 1. The molecule has 0 radical (unpaired) electrons. The molecule has 0 aliphatic carbocycles. The normalized spacial score (nSPS) is 11.9. The first-order valence-corrected chi connectivity index (χ1v) is 9.66. The maximum absolute atomic E-state index is 12.9. The number of H-pyrrole nitrogens is 1. The molecule has 4 aromatic rings. The van der Waals surface area contributed by atoms with Gasteiger partial charge in [-0.1, -0.05) is 24.3 Å². The molecule has 4 rings (SSSR count). The molecule has 0 bridgehead atoms. The number of aromatic nitrogens is 3. The van der Waals surface area contributed by atoms with Gasteiger partial charge in [0.2, 0.25) is 0 Å². The molecule has 0 unspecified atom stereocenters. The number of fused-ring (bicyclic) bond motifs is 1. The van der Waals surface area contributed by atoms with Gasteiger partial charge in [0.1, 0.15) is 0 Å². The van der Waals surface area contributed by atoms with E-state index in [1.54, 1.807) is 17.7 Å². The molecule has 0 atom stereocenters. The van der Waals surface area contributed by atoms with Crippen molar-refractivity contribution < 1.29 is 23.1 Å². The van der Waals surface area contributed by atoms with E-state index in [-0.39, 0.29) is 6.42 Å². The Morgan fingerprint density at radius 2 is 1.81 bits per heavy atom. The Labute approximate surface area is 176 Å². The summed E-state index contributed by atoms with van der Waals surface area (Å²) in [5.74, 6) is -0.893. The molecular weight excluding hydrogens is 407 g/mol. The largest absolute Gasteiger partial charge is 0.481 e. The number of hydrogen-bond donors (Lipinski definition) is 2. The number of carboxylic acids is 1. The van der Waals surface area contributed by atoms with Crippen LogP contribution in [0.3, 0.4) is 0 Å². The van der Waals surface area contributed by atoms with E-state index in [1.807, 2.05) is 31.2 Å². The number of aromatic amines is 1. The lowest BCUT2D eigenvalue weighted by molar-refractivity contribution is -0.138. The zero-order valence-electron chi connectivity index (χ0n) is 16.9. The summed E-state index contributed by atoms with van der Waals surface area (Å²) in [6.07, 6.45) is -4.44. The van der Waals surface area contributed by atoms with E-state index in [0.29, 0.717) is 23.1 Å². The minimum Gasteiger partial charge on any atom is -0.481 e. The van der Waals surface area contributed by atoms with Crippen LogP contribution in [-0.2, 0) is 23.9 Å². The third-order valence-corrected chi connectivity index (χ3v) is 5.40. The number of halogens is 3. The standard InChI is InChI=1S/C23H20F3N3O2/c1-13-19(11-22(30)31)14(2)29(28-13)12-15-3-5-16(6-4-15)21-10-17-9-18(23(24,25)26)7-8-20(17)27-21/h3-10,27H,11-12H2,1-2H3,(H,30,31). The quantitative estimate of drug-likeness (QED) is 0.452. The van der Waals surface area contributed by atoms with Crippen molar-refractivity contribution in [1.82, 2.24) is 14.8 Å². The average molecular weight is 427 g/mol. The molecule has 8 heteroatoms. The monoisotopic (exact) mass is 427 g/mol. The molecule has 2 aromatic heterocycles. The Hall–Kier alpha value is -3.55. The minimum atomic E-state index is -4.37. The predicted octanol–water partition coefficient (Wildman–Crippen LogP) is 5.34. The van der Waals surface area contributed by atoms with Crippen LogP contribution in [0, 0.1) is 13.8 Å². The fraction of sp³-hybridized carbons (Fsp3) is 0.217. The van der Waals surface area contributed by atoms with Crippen molar-refractivity contribution in [2.75, 3.05) is 0 Å². The predicted molar refractivity (Wildman–Crippen MR) is 111 cm³/mol. The second-order valence-corrected chi connectivity index (χ2v) is 7.56. The molecule has 0 aliphatic rings. The van der Waals surface area contributed by atoms with Crippen molar-refractivity contribution in [1.29, 1.82) is 0 Å². The molecule has 5 nitrogen and oxygen atoms in total. The van der Waals surface area contributed by atoms with Crippen molar-refractivity contribution in [3.8, 4) is 11.3 Å². The SMILES string of the molecule is Cc1nn(Cc2ccc(-c3cc4cc(C(F)(F)F)ccc4[nH]3)cc2)c(C)c1CC(=O)O. The van der Waals surface area contributed by atoms with Crippen molar-refractivity contribution in [2.24, 2.45) is 0 Å². The van der Waals surface area contributed by atoms with Crippen LogP contribution in [0.15, 0.2) is 48.5 Å². The lowest BCUT2D eigenvalue weighted by Gasteiger charge is -2.06. The minimum absolute atomic E-state index is 0.0625. The summed E-state index contributed by atoms with van der Waals surface area (Å²) in [6, 6.07) is 13.0. The fourth-order valence-corrected chi connectivity index (χ4v) is 3.72. The van der Waals surface area contributed by atoms with Crippen molar-refractivity contribution in [3.63, 3.8) is 0 Å². The summed E-state index contributed by atoms with van der Waals surface area (Å²) in [5, 5.41) is 14.0. The van der Waals surface area contributed by atoms with Gasteiger partial charge in [-0.25, -0.2) is 0 Å². The number of benzene rings is 2. The first-order valence-electron chi connectivity index (χ1n) is 9.66. The number of hydrogen-bond acceptors (Lipinski definition) is 2. The van der Waals surface area contributed by atoms with Gasteiger partial charge in [0.05, 0.1) is 24.2 Å². The Bertz CT molecular complexity index is 1270. The molecule has 31 heavy (non-hydrogen) atoms. The molecule has 0 saturated heterocycles. The van der Waals surface area contributed by atoms with E-state index in [4.69, 9.17) is 5.11 Å². The molecule has 0 saturated carbocycles. The number of alkyl halides is 3. The summed E-state index contributed by atoms with van der Waals surface area (Å²) >= 11 is 0. The number of aryl methyl sites for hydroxylation is 1. The zero-order chi connectivity index (χ0) is 22.3. The summed E-state index contributed by atoms with van der Waals surface area (Å²) in [4.78, 5) is 14.2. The van der Waals surface area contributed by atoms with Gasteiger partial charge >= 0.3 is 12.1 Å². The summed E-state index contributed by atoms with van der Waals surface area (Å²) < 4.78 is 40.6. The highest BCUT2D eigenvalue weighted by molar-refractivity contribution is 5.86. The van der Waals surface area contributed by atoms with Crippen LogP contribution >= 0.6 is 0 Å². The van der Waals surface area contributed by atoms with Gasteiger partial charge < -0.3 is 10.1 Å². The summed E-state index contributed by atoms with van der Waals surface area (Å²) in [7, 11) is 0. The zero-order valence-corrected chi connectivity index (χ0v) is 16.9. The first kappa shape index (κ1) is 20.7. The van der Waals surface area contributed by atoms with Gasteiger partial charge in [0, 0.05) is 27.9 Å². The average Bonchev–Trinajstić information content (AvgIpc) is 3.24. The highest BCUT2D eigenvalue weighted by Crippen LogP contribution is 2.33. The smallest absolute Gasteiger partial charge is 0.416 e. The second-order valence-electron chi connectivity index (χ2n) is 7.56. The van der Waals surface area contributed by atoms with E-state index in [1.165, 1.54) is 6.07 Å². The van der Waals surface area contributed by atoms with E-state index in [2.05, 4.69) is 10.1 Å². The maximum atomic E-state index is 12.9.